The molecule has 0 aliphatic heterocycles. The minimum absolute atomic E-state index is 0.0202. The van der Waals surface area contributed by atoms with Crippen LogP contribution < -0.4 is 10.6 Å². The van der Waals surface area contributed by atoms with Crippen molar-refractivity contribution in [2.75, 3.05) is 6.54 Å². The summed E-state index contributed by atoms with van der Waals surface area (Å²) in [6, 6.07) is 3.45. The molecule has 0 atom stereocenters. The molecule has 0 radical (unpaired) electrons. The lowest BCUT2D eigenvalue weighted by molar-refractivity contribution is -0.120. The zero-order valence-corrected chi connectivity index (χ0v) is 13.6. The second kappa shape index (κ2) is 8.22. The molecule has 2 N–H and O–H groups in total. The van der Waals surface area contributed by atoms with E-state index < -0.39 is 0 Å². The summed E-state index contributed by atoms with van der Waals surface area (Å²) in [5.74, 6) is -0.325. The van der Waals surface area contributed by atoms with Gasteiger partial charge in [-0.25, -0.2) is 0 Å². The van der Waals surface area contributed by atoms with Crippen molar-refractivity contribution in [1.29, 1.82) is 0 Å². The zero-order valence-electron chi connectivity index (χ0n) is 12.0. The van der Waals surface area contributed by atoms with Crippen LogP contribution in [0.25, 0.3) is 0 Å². The van der Waals surface area contributed by atoms with Crippen molar-refractivity contribution in [2.45, 2.75) is 51.0 Å². The molecule has 1 heterocycles. The van der Waals surface area contributed by atoms with Crippen molar-refractivity contribution < 1.29 is 14.0 Å². The van der Waals surface area contributed by atoms with Crippen LogP contribution in [0, 0.1) is 0 Å². The third-order valence-electron chi connectivity index (χ3n) is 3.68. The van der Waals surface area contributed by atoms with Crippen LogP contribution in [0.15, 0.2) is 21.2 Å². The van der Waals surface area contributed by atoms with Gasteiger partial charge in [-0.2, -0.15) is 0 Å². The topological polar surface area (TPSA) is 71.3 Å². The predicted octanol–water partition coefficient (Wildman–Crippen LogP) is 3.00. The Morgan fingerprint density at radius 3 is 2.43 bits per heavy atom. The van der Waals surface area contributed by atoms with Crippen LogP contribution in [0.1, 0.15) is 55.5 Å². The van der Waals surface area contributed by atoms with E-state index in [9.17, 15) is 9.59 Å². The van der Waals surface area contributed by atoms with Crippen molar-refractivity contribution >= 4 is 27.7 Å². The number of carbonyl (C=O) groups is 2. The van der Waals surface area contributed by atoms with Crippen molar-refractivity contribution in [2.24, 2.45) is 0 Å². The molecule has 6 heteroatoms. The molecule has 0 bridgehead atoms. The molecule has 5 nitrogen and oxygen atoms in total. The number of hydrogen-bond acceptors (Lipinski definition) is 3. The van der Waals surface area contributed by atoms with Gasteiger partial charge >= 0.3 is 0 Å². The largest absolute Gasteiger partial charge is 0.444 e. The molecule has 1 aliphatic carbocycles. The Hall–Kier alpha value is -1.30. The average molecular weight is 357 g/mol. The highest BCUT2D eigenvalue weighted by molar-refractivity contribution is 9.10. The normalized spacial score (nSPS) is 16.8. The van der Waals surface area contributed by atoms with Crippen molar-refractivity contribution in [3.8, 4) is 0 Å². The zero-order chi connectivity index (χ0) is 15.1. The molecule has 2 amide bonds. The van der Waals surface area contributed by atoms with Gasteiger partial charge in [0.2, 0.25) is 5.91 Å². The minimum Gasteiger partial charge on any atom is -0.444 e. The molecule has 1 aromatic heterocycles. The quantitative estimate of drug-likeness (QED) is 0.870. The maximum atomic E-state index is 11.9. The molecule has 1 aromatic rings. The van der Waals surface area contributed by atoms with Crippen molar-refractivity contribution in [3.05, 3.63) is 22.6 Å². The number of nitrogens with one attached hydrogen (secondary N) is 2. The van der Waals surface area contributed by atoms with Crippen LogP contribution in [0.2, 0.25) is 0 Å². The van der Waals surface area contributed by atoms with E-state index in [1.807, 2.05) is 0 Å². The lowest BCUT2D eigenvalue weighted by Gasteiger charge is -2.21. The first-order chi connectivity index (χ1) is 10.1. The third kappa shape index (κ3) is 5.53. The van der Waals surface area contributed by atoms with Gasteiger partial charge in [0.25, 0.3) is 5.91 Å². The Kier molecular flexibility index (Phi) is 6.29. The van der Waals surface area contributed by atoms with Gasteiger partial charge in [-0.3, -0.25) is 9.59 Å². The summed E-state index contributed by atoms with van der Waals surface area (Å²) in [7, 11) is 0. The fraction of sp³-hybridized carbons (Fsp3) is 0.600. The minimum atomic E-state index is -0.381. The molecule has 1 saturated carbocycles. The predicted molar refractivity (Wildman–Crippen MR) is 83.0 cm³/mol. The Balaban J connectivity index is 1.72. The van der Waals surface area contributed by atoms with E-state index in [0.717, 1.165) is 25.7 Å². The number of halogens is 1. The summed E-state index contributed by atoms with van der Waals surface area (Å²) >= 11 is 3.13. The molecule has 0 saturated heterocycles. The monoisotopic (exact) mass is 356 g/mol. The molecule has 21 heavy (non-hydrogen) atoms. The number of hydrogen-bond donors (Lipinski definition) is 2. The van der Waals surface area contributed by atoms with Gasteiger partial charge in [0, 0.05) is 6.04 Å². The molecule has 0 aromatic carbocycles. The van der Waals surface area contributed by atoms with E-state index in [4.69, 9.17) is 4.42 Å². The number of furan rings is 1. The first-order valence-electron chi connectivity index (χ1n) is 7.48. The smallest absolute Gasteiger partial charge is 0.287 e. The maximum absolute atomic E-state index is 11.9. The Morgan fingerprint density at radius 1 is 1.14 bits per heavy atom. The standard InChI is InChI=1S/C15H21BrN2O3/c16-13-9-8-12(21-13)15(20)17-10-14(19)18-11-6-4-2-1-3-5-7-11/h8-9,11H,1-7,10H2,(H,17,20)(H,18,19). The number of carbonyl (C=O) groups excluding carboxylic acids is 2. The van der Waals surface area contributed by atoms with E-state index in [-0.39, 0.29) is 30.2 Å². The van der Waals surface area contributed by atoms with Crippen molar-refractivity contribution in [3.63, 3.8) is 0 Å². The second-order valence-electron chi connectivity index (χ2n) is 5.40. The SMILES string of the molecule is O=C(CNC(=O)c1ccc(Br)o1)NC1CCCCCCC1. The van der Waals surface area contributed by atoms with E-state index in [2.05, 4.69) is 26.6 Å². The molecule has 1 fully saturated rings. The highest BCUT2D eigenvalue weighted by atomic mass is 79.9. The van der Waals surface area contributed by atoms with Gasteiger partial charge in [-0.05, 0) is 40.9 Å². The Labute approximate surface area is 133 Å². The first-order valence-corrected chi connectivity index (χ1v) is 8.27. The molecule has 0 unspecified atom stereocenters. The lowest BCUT2D eigenvalue weighted by atomic mass is 9.97. The van der Waals surface area contributed by atoms with Crippen LogP contribution in [0.5, 0.6) is 0 Å². The molecule has 1 aliphatic rings. The molecule has 116 valence electrons. The van der Waals surface area contributed by atoms with Gasteiger partial charge in [0.05, 0.1) is 6.54 Å². The summed E-state index contributed by atoms with van der Waals surface area (Å²) in [6.45, 7) is -0.0202. The Bertz CT molecular complexity index is 479. The van der Waals surface area contributed by atoms with E-state index >= 15 is 0 Å². The van der Waals surface area contributed by atoms with E-state index in [1.54, 1.807) is 12.1 Å². The highest BCUT2D eigenvalue weighted by Gasteiger charge is 2.16. The van der Waals surface area contributed by atoms with Gasteiger partial charge in [-0.15, -0.1) is 0 Å². The summed E-state index contributed by atoms with van der Waals surface area (Å²) in [5, 5.41) is 5.57. The van der Waals surface area contributed by atoms with Crippen molar-refractivity contribution in [1.82, 2.24) is 10.6 Å². The molecule has 0 spiro atoms. The number of amides is 2. The fourth-order valence-corrected chi connectivity index (χ4v) is 2.87. The fourth-order valence-electron chi connectivity index (χ4n) is 2.56. The number of rotatable bonds is 4. The van der Waals surface area contributed by atoms with Gasteiger partial charge in [0.15, 0.2) is 10.4 Å². The summed E-state index contributed by atoms with van der Waals surface area (Å²) in [6.07, 6.45) is 8.19. The second-order valence-corrected chi connectivity index (χ2v) is 6.18. The molecule has 2 rings (SSSR count). The molecular formula is C15H21BrN2O3. The van der Waals surface area contributed by atoms with E-state index in [0.29, 0.717) is 4.67 Å². The Morgan fingerprint density at radius 2 is 1.81 bits per heavy atom. The lowest BCUT2D eigenvalue weighted by Crippen LogP contribution is -2.42. The van der Waals surface area contributed by atoms with E-state index in [1.165, 1.54) is 19.3 Å². The summed E-state index contributed by atoms with van der Waals surface area (Å²) in [4.78, 5) is 23.6. The van der Waals surface area contributed by atoms with Gasteiger partial charge in [-0.1, -0.05) is 32.1 Å². The van der Waals surface area contributed by atoms with Crippen LogP contribution in [0.3, 0.4) is 0 Å². The third-order valence-corrected chi connectivity index (χ3v) is 4.10. The van der Waals surface area contributed by atoms with Gasteiger partial charge in [0.1, 0.15) is 0 Å². The first kappa shape index (κ1) is 16.1. The van der Waals surface area contributed by atoms with Gasteiger partial charge < -0.3 is 15.1 Å². The highest BCUT2D eigenvalue weighted by Crippen LogP contribution is 2.17. The summed E-state index contributed by atoms with van der Waals surface area (Å²) < 4.78 is 5.62. The summed E-state index contributed by atoms with van der Waals surface area (Å²) in [5.41, 5.74) is 0. The van der Waals surface area contributed by atoms with Crippen LogP contribution in [-0.4, -0.2) is 24.4 Å². The molecular weight excluding hydrogens is 336 g/mol. The van der Waals surface area contributed by atoms with Crippen LogP contribution in [-0.2, 0) is 4.79 Å². The van der Waals surface area contributed by atoms with Crippen LogP contribution in [0.4, 0.5) is 0 Å². The van der Waals surface area contributed by atoms with Crippen LogP contribution >= 0.6 is 15.9 Å². The maximum Gasteiger partial charge on any atom is 0.287 e. The average Bonchev–Trinajstić information content (AvgIpc) is 2.86.